The number of Topliss-reactive ketones (excluding diaryl/α,β-unsaturated/α-hetero) is 1. The molecule has 2 rings (SSSR count). The molecule has 1 atom stereocenters. The maximum absolute atomic E-state index is 12.2. The quantitative estimate of drug-likeness (QED) is 0.366. The number of benzene rings is 2. The van der Waals surface area contributed by atoms with Crippen LogP contribution in [0, 0.1) is 17.0 Å². The highest BCUT2D eigenvalue weighted by Gasteiger charge is 2.21. The molecule has 0 unspecified atom stereocenters. The van der Waals surface area contributed by atoms with Gasteiger partial charge in [0.1, 0.15) is 0 Å². The number of hydrogen-bond donors (Lipinski definition) is 0. The number of non-ortho nitro benzene ring substituents is 1. The second-order valence-electron chi connectivity index (χ2n) is 5.09. The van der Waals surface area contributed by atoms with Crippen LogP contribution in [0.1, 0.15) is 33.2 Å². The molecule has 2 aromatic rings. The lowest BCUT2D eigenvalue weighted by Gasteiger charge is -2.12. The molecule has 0 aliphatic carbocycles. The molecule has 0 amide bonds. The van der Waals surface area contributed by atoms with E-state index < -0.39 is 17.0 Å². The molecule has 0 fully saturated rings. The lowest BCUT2D eigenvalue weighted by atomic mass is 10.1. The molecule has 0 saturated carbocycles. The third-order valence-electron chi connectivity index (χ3n) is 3.28. The van der Waals surface area contributed by atoms with Crippen molar-refractivity contribution in [2.75, 3.05) is 0 Å². The number of nitro benzene ring substituents is 1. The minimum absolute atomic E-state index is 0.0303. The molecule has 0 aliphatic rings. The molecule has 23 heavy (non-hydrogen) atoms. The fourth-order valence-electron chi connectivity index (χ4n) is 1.98. The molecule has 6 nitrogen and oxygen atoms in total. The van der Waals surface area contributed by atoms with Gasteiger partial charge in [0.2, 0.25) is 5.78 Å². The van der Waals surface area contributed by atoms with Crippen molar-refractivity contribution < 1.29 is 19.2 Å². The number of nitro groups is 1. The van der Waals surface area contributed by atoms with Crippen molar-refractivity contribution in [3.63, 3.8) is 0 Å². The van der Waals surface area contributed by atoms with E-state index in [2.05, 4.69) is 0 Å². The summed E-state index contributed by atoms with van der Waals surface area (Å²) >= 11 is 0. The zero-order valence-corrected chi connectivity index (χ0v) is 12.7. The average Bonchev–Trinajstić information content (AvgIpc) is 2.54. The highest BCUT2D eigenvalue weighted by Crippen LogP contribution is 2.15. The lowest BCUT2D eigenvalue weighted by Crippen LogP contribution is -2.24. The van der Waals surface area contributed by atoms with Gasteiger partial charge in [-0.1, -0.05) is 35.9 Å². The van der Waals surface area contributed by atoms with Gasteiger partial charge in [0.25, 0.3) is 5.69 Å². The van der Waals surface area contributed by atoms with Crippen LogP contribution < -0.4 is 0 Å². The number of carbonyl (C=O) groups excluding carboxylic acids is 2. The highest BCUT2D eigenvalue weighted by atomic mass is 16.6. The monoisotopic (exact) mass is 313 g/mol. The van der Waals surface area contributed by atoms with Gasteiger partial charge in [0.05, 0.1) is 10.5 Å². The van der Waals surface area contributed by atoms with Gasteiger partial charge < -0.3 is 4.74 Å². The molecule has 0 saturated heterocycles. The van der Waals surface area contributed by atoms with Crippen molar-refractivity contribution in [3.8, 4) is 0 Å². The predicted octanol–water partition coefficient (Wildman–Crippen LogP) is 3.33. The van der Waals surface area contributed by atoms with E-state index in [0.29, 0.717) is 5.56 Å². The van der Waals surface area contributed by atoms with Crippen LogP contribution in [-0.2, 0) is 4.74 Å². The van der Waals surface area contributed by atoms with Gasteiger partial charge >= 0.3 is 5.97 Å². The normalized spacial score (nSPS) is 11.6. The summed E-state index contributed by atoms with van der Waals surface area (Å²) in [4.78, 5) is 34.4. The van der Waals surface area contributed by atoms with E-state index in [0.717, 1.165) is 11.6 Å². The third-order valence-corrected chi connectivity index (χ3v) is 3.28. The van der Waals surface area contributed by atoms with E-state index in [4.69, 9.17) is 4.74 Å². The molecule has 118 valence electrons. The molecule has 0 spiro atoms. The second-order valence-corrected chi connectivity index (χ2v) is 5.09. The molecule has 0 heterocycles. The van der Waals surface area contributed by atoms with E-state index in [1.165, 1.54) is 25.1 Å². The van der Waals surface area contributed by atoms with Gasteiger partial charge in [-0.15, -0.1) is 0 Å². The van der Waals surface area contributed by atoms with Gasteiger partial charge in [-0.2, -0.15) is 0 Å². The van der Waals surface area contributed by atoms with Crippen LogP contribution in [0.15, 0.2) is 48.5 Å². The van der Waals surface area contributed by atoms with Crippen molar-refractivity contribution in [3.05, 3.63) is 75.3 Å². The van der Waals surface area contributed by atoms with Crippen molar-refractivity contribution >= 4 is 17.4 Å². The number of ether oxygens (including phenoxy) is 1. The van der Waals surface area contributed by atoms with Gasteiger partial charge in [-0.3, -0.25) is 14.9 Å². The van der Waals surface area contributed by atoms with Crippen LogP contribution in [0.25, 0.3) is 0 Å². The standard InChI is InChI=1S/C17H15NO5/c1-11-6-8-13(9-7-11)16(19)12(2)23-17(20)14-4-3-5-15(10-14)18(21)22/h3-10,12H,1-2H3/t12-/m0/s1. The van der Waals surface area contributed by atoms with Gasteiger partial charge in [0, 0.05) is 17.7 Å². The van der Waals surface area contributed by atoms with Crippen LogP contribution in [0.5, 0.6) is 0 Å². The average molecular weight is 313 g/mol. The Bertz CT molecular complexity index is 752. The Morgan fingerprint density at radius 3 is 2.35 bits per heavy atom. The fraction of sp³-hybridized carbons (Fsp3) is 0.176. The number of carbonyl (C=O) groups is 2. The van der Waals surface area contributed by atoms with Gasteiger partial charge in [-0.25, -0.2) is 4.79 Å². The molecule has 0 bridgehead atoms. The maximum atomic E-state index is 12.2. The summed E-state index contributed by atoms with van der Waals surface area (Å²) in [6.07, 6.45) is -0.982. The summed E-state index contributed by atoms with van der Waals surface area (Å²) in [5.74, 6) is -1.11. The van der Waals surface area contributed by atoms with E-state index in [1.54, 1.807) is 24.3 Å². The maximum Gasteiger partial charge on any atom is 0.339 e. The number of nitrogens with zero attached hydrogens (tertiary/aromatic N) is 1. The molecule has 2 aromatic carbocycles. The van der Waals surface area contributed by atoms with E-state index in [9.17, 15) is 19.7 Å². The van der Waals surface area contributed by atoms with Crippen molar-refractivity contribution in [2.45, 2.75) is 20.0 Å². The largest absolute Gasteiger partial charge is 0.451 e. The number of esters is 1. The Balaban J connectivity index is 2.10. The van der Waals surface area contributed by atoms with Crippen LogP contribution in [0.2, 0.25) is 0 Å². The molecule has 0 aliphatic heterocycles. The first-order chi connectivity index (χ1) is 10.9. The van der Waals surface area contributed by atoms with Crippen LogP contribution >= 0.6 is 0 Å². The Morgan fingerprint density at radius 1 is 1.09 bits per heavy atom. The Morgan fingerprint density at radius 2 is 1.74 bits per heavy atom. The number of rotatable bonds is 5. The van der Waals surface area contributed by atoms with E-state index in [1.807, 2.05) is 6.92 Å². The van der Waals surface area contributed by atoms with Crippen molar-refractivity contribution in [1.82, 2.24) is 0 Å². The third kappa shape index (κ3) is 4.00. The van der Waals surface area contributed by atoms with Crippen LogP contribution in [0.4, 0.5) is 5.69 Å². The zero-order valence-electron chi connectivity index (χ0n) is 12.7. The first-order valence-corrected chi connectivity index (χ1v) is 6.95. The number of ketones is 1. The van der Waals surface area contributed by atoms with Crippen molar-refractivity contribution in [2.24, 2.45) is 0 Å². The summed E-state index contributed by atoms with van der Waals surface area (Å²) in [5, 5.41) is 10.7. The Hall–Kier alpha value is -3.02. The molecular weight excluding hydrogens is 298 g/mol. The summed E-state index contributed by atoms with van der Waals surface area (Å²) in [5.41, 5.74) is 1.28. The predicted molar refractivity (Wildman–Crippen MR) is 83.5 cm³/mol. The van der Waals surface area contributed by atoms with Gasteiger partial charge in [-0.05, 0) is 19.9 Å². The Kier molecular flexibility index (Phi) is 4.85. The fourth-order valence-corrected chi connectivity index (χ4v) is 1.98. The molecule has 0 radical (unpaired) electrons. The highest BCUT2D eigenvalue weighted by molar-refractivity contribution is 6.01. The van der Waals surface area contributed by atoms with Crippen LogP contribution in [-0.4, -0.2) is 22.8 Å². The minimum atomic E-state index is -0.982. The smallest absolute Gasteiger partial charge is 0.339 e. The summed E-state index contributed by atoms with van der Waals surface area (Å²) in [6.45, 7) is 3.37. The molecule has 0 aromatic heterocycles. The molecular formula is C17H15NO5. The minimum Gasteiger partial charge on any atom is -0.451 e. The molecule has 6 heteroatoms. The number of hydrogen-bond acceptors (Lipinski definition) is 5. The van der Waals surface area contributed by atoms with E-state index in [-0.39, 0.29) is 17.0 Å². The second kappa shape index (κ2) is 6.83. The summed E-state index contributed by atoms with van der Waals surface area (Å²) in [6, 6.07) is 12.1. The topological polar surface area (TPSA) is 86.5 Å². The van der Waals surface area contributed by atoms with Crippen molar-refractivity contribution in [1.29, 1.82) is 0 Å². The number of aryl methyl sites for hydroxylation is 1. The first-order valence-electron chi connectivity index (χ1n) is 6.95. The summed E-state index contributed by atoms with van der Waals surface area (Å²) < 4.78 is 5.11. The summed E-state index contributed by atoms with van der Waals surface area (Å²) in [7, 11) is 0. The zero-order chi connectivity index (χ0) is 17.0. The van der Waals surface area contributed by atoms with E-state index >= 15 is 0 Å². The Labute approximate surface area is 132 Å². The first kappa shape index (κ1) is 16.4. The van der Waals surface area contributed by atoms with Crippen LogP contribution in [0.3, 0.4) is 0 Å². The SMILES string of the molecule is Cc1ccc(C(=O)[C@H](C)OC(=O)c2cccc([N+](=O)[O-])c2)cc1. The lowest BCUT2D eigenvalue weighted by molar-refractivity contribution is -0.384. The molecule has 0 N–H and O–H groups in total. The van der Waals surface area contributed by atoms with Gasteiger partial charge in [0.15, 0.2) is 6.10 Å².